The van der Waals surface area contributed by atoms with E-state index in [4.69, 9.17) is 4.52 Å². The third-order valence-electron chi connectivity index (χ3n) is 3.90. The number of amides is 1. The molecule has 2 heterocycles. The Labute approximate surface area is 153 Å². The zero-order valence-corrected chi connectivity index (χ0v) is 15.7. The second kappa shape index (κ2) is 6.76. The number of benzene rings is 1. The van der Waals surface area contributed by atoms with Gasteiger partial charge in [0, 0.05) is 15.2 Å². The molecule has 0 saturated carbocycles. The van der Waals surface area contributed by atoms with E-state index in [0.717, 1.165) is 26.1 Å². The summed E-state index contributed by atoms with van der Waals surface area (Å²) in [5.74, 6) is 0.642. The first-order chi connectivity index (χ1) is 11.5. The van der Waals surface area contributed by atoms with Crippen LogP contribution in [0.5, 0.6) is 0 Å². The number of hydrogen-bond acceptors (Lipinski definition) is 4. The number of rotatable bonds is 4. The van der Waals surface area contributed by atoms with Crippen molar-refractivity contribution in [2.45, 2.75) is 26.7 Å². The molecular formula is C17H17IN4O2. The number of hydrogen-bond donors (Lipinski definition) is 2. The summed E-state index contributed by atoms with van der Waals surface area (Å²) < 4.78 is 6.30. The summed E-state index contributed by atoms with van der Waals surface area (Å²) in [5.41, 5.74) is 3.42. The fourth-order valence-electron chi connectivity index (χ4n) is 2.64. The number of halogens is 1. The maximum atomic E-state index is 12.5. The topological polar surface area (TPSA) is 83.8 Å². The standard InChI is InChI=1S/C17H17IN4O2/c1-9(16-10(2)22-24-11(16)3)17(23)19-15-8-14(20-21-15)12-4-6-13(18)7-5-12/h4-9H,1-3H3,(H2,19,20,21,23). The molecule has 1 amide bonds. The van der Waals surface area contributed by atoms with Crippen molar-refractivity contribution in [2.24, 2.45) is 0 Å². The van der Waals surface area contributed by atoms with Crippen molar-refractivity contribution in [3.05, 3.63) is 50.9 Å². The first-order valence-electron chi connectivity index (χ1n) is 7.50. The summed E-state index contributed by atoms with van der Waals surface area (Å²) in [4.78, 5) is 12.5. The molecule has 0 saturated heterocycles. The Bertz CT molecular complexity index is 848. The number of aromatic amines is 1. The SMILES string of the molecule is Cc1noc(C)c1C(C)C(=O)Nc1cc(-c2ccc(I)cc2)[nH]n1. The van der Waals surface area contributed by atoms with Crippen LogP contribution in [0.15, 0.2) is 34.9 Å². The second-order valence-electron chi connectivity index (χ2n) is 5.62. The minimum absolute atomic E-state index is 0.148. The lowest BCUT2D eigenvalue weighted by Gasteiger charge is -2.10. The summed E-state index contributed by atoms with van der Waals surface area (Å²) >= 11 is 2.26. The molecule has 3 aromatic rings. The van der Waals surface area contributed by atoms with Crippen molar-refractivity contribution in [2.75, 3.05) is 5.32 Å². The van der Waals surface area contributed by atoms with Gasteiger partial charge in [-0.15, -0.1) is 0 Å². The molecule has 7 heteroatoms. The molecule has 0 spiro atoms. The number of carbonyl (C=O) groups excluding carboxylic acids is 1. The van der Waals surface area contributed by atoms with E-state index in [1.165, 1.54) is 0 Å². The highest BCUT2D eigenvalue weighted by molar-refractivity contribution is 14.1. The van der Waals surface area contributed by atoms with E-state index in [9.17, 15) is 4.79 Å². The van der Waals surface area contributed by atoms with E-state index in [2.05, 4.69) is 43.3 Å². The molecule has 0 fully saturated rings. The molecule has 24 heavy (non-hydrogen) atoms. The molecule has 0 aliphatic carbocycles. The van der Waals surface area contributed by atoms with Gasteiger partial charge in [0.15, 0.2) is 5.82 Å². The van der Waals surface area contributed by atoms with Crippen molar-refractivity contribution < 1.29 is 9.32 Å². The Balaban J connectivity index is 1.75. The predicted octanol–water partition coefficient (Wildman–Crippen LogP) is 4.03. The lowest BCUT2D eigenvalue weighted by atomic mass is 9.99. The van der Waals surface area contributed by atoms with Gasteiger partial charge in [-0.1, -0.05) is 17.3 Å². The summed E-state index contributed by atoms with van der Waals surface area (Å²) in [6.07, 6.45) is 0. The summed E-state index contributed by atoms with van der Waals surface area (Å²) in [6, 6.07) is 9.88. The smallest absolute Gasteiger partial charge is 0.233 e. The summed E-state index contributed by atoms with van der Waals surface area (Å²) in [7, 11) is 0. The van der Waals surface area contributed by atoms with Gasteiger partial charge in [0.05, 0.1) is 17.3 Å². The third-order valence-corrected chi connectivity index (χ3v) is 4.62. The normalized spacial score (nSPS) is 12.2. The second-order valence-corrected chi connectivity index (χ2v) is 6.87. The lowest BCUT2D eigenvalue weighted by molar-refractivity contribution is -0.117. The van der Waals surface area contributed by atoms with Crippen molar-refractivity contribution in [3.63, 3.8) is 0 Å². The van der Waals surface area contributed by atoms with Gasteiger partial charge in [-0.3, -0.25) is 9.89 Å². The molecule has 0 aliphatic heterocycles. The van der Waals surface area contributed by atoms with Crippen LogP contribution in [-0.4, -0.2) is 21.3 Å². The molecule has 0 radical (unpaired) electrons. The van der Waals surface area contributed by atoms with Gasteiger partial charge in [-0.2, -0.15) is 5.10 Å². The Hall–Kier alpha value is -2.16. The van der Waals surface area contributed by atoms with E-state index < -0.39 is 0 Å². The molecule has 124 valence electrons. The molecule has 2 N–H and O–H groups in total. The number of carbonyl (C=O) groups is 1. The van der Waals surface area contributed by atoms with Gasteiger partial charge >= 0.3 is 0 Å². The van der Waals surface area contributed by atoms with E-state index in [0.29, 0.717) is 11.6 Å². The minimum Gasteiger partial charge on any atom is -0.361 e. The predicted molar refractivity (Wildman–Crippen MR) is 99.8 cm³/mol. The Morgan fingerprint density at radius 2 is 2.00 bits per heavy atom. The molecule has 1 aromatic carbocycles. The molecule has 2 aromatic heterocycles. The molecule has 0 aliphatic rings. The van der Waals surface area contributed by atoms with E-state index in [-0.39, 0.29) is 11.8 Å². The lowest BCUT2D eigenvalue weighted by Crippen LogP contribution is -2.19. The number of aromatic nitrogens is 3. The molecule has 3 rings (SSSR count). The van der Waals surface area contributed by atoms with Gasteiger partial charge in [-0.05, 0) is 61.1 Å². The largest absolute Gasteiger partial charge is 0.361 e. The van der Waals surface area contributed by atoms with Gasteiger partial charge in [-0.25, -0.2) is 0 Å². The number of aryl methyl sites for hydroxylation is 2. The van der Waals surface area contributed by atoms with Crippen LogP contribution >= 0.6 is 22.6 Å². The van der Waals surface area contributed by atoms with Crippen LogP contribution in [0.4, 0.5) is 5.82 Å². The van der Waals surface area contributed by atoms with Crippen molar-refractivity contribution in [1.29, 1.82) is 0 Å². The molecule has 0 bridgehead atoms. The molecule has 1 atom stereocenters. The first kappa shape index (κ1) is 16.7. The highest BCUT2D eigenvalue weighted by Gasteiger charge is 2.23. The van der Waals surface area contributed by atoms with E-state index in [1.54, 1.807) is 0 Å². The average molecular weight is 436 g/mol. The van der Waals surface area contributed by atoms with Crippen LogP contribution in [0.25, 0.3) is 11.3 Å². The fraction of sp³-hybridized carbons (Fsp3) is 0.235. The first-order valence-corrected chi connectivity index (χ1v) is 8.58. The monoisotopic (exact) mass is 436 g/mol. The van der Waals surface area contributed by atoms with Crippen molar-refractivity contribution >= 4 is 34.3 Å². The van der Waals surface area contributed by atoms with Crippen LogP contribution in [0.1, 0.15) is 29.9 Å². The quantitative estimate of drug-likeness (QED) is 0.605. The van der Waals surface area contributed by atoms with Crippen molar-refractivity contribution in [3.8, 4) is 11.3 Å². The zero-order chi connectivity index (χ0) is 17.3. The van der Waals surface area contributed by atoms with Crippen LogP contribution in [0.3, 0.4) is 0 Å². The number of nitrogens with one attached hydrogen (secondary N) is 2. The van der Waals surface area contributed by atoms with E-state index >= 15 is 0 Å². The molecule has 6 nitrogen and oxygen atoms in total. The Kier molecular flexibility index (Phi) is 4.70. The highest BCUT2D eigenvalue weighted by atomic mass is 127. The highest BCUT2D eigenvalue weighted by Crippen LogP contribution is 2.25. The van der Waals surface area contributed by atoms with Crippen LogP contribution in [-0.2, 0) is 4.79 Å². The summed E-state index contributed by atoms with van der Waals surface area (Å²) in [5, 5.41) is 13.8. The van der Waals surface area contributed by atoms with Crippen LogP contribution in [0.2, 0.25) is 0 Å². The maximum absolute atomic E-state index is 12.5. The third kappa shape index (κ3) is 3.35. The Morgan fingerprint density at radius 3 is 2.62 bits per heavy atom. The Morgan fingerprint density at radius 1 is 1.29 bits per heavy atom. The summed E-state index contributed by atoms with van der Waals surface area (Å²) in [6.45, 7) is 5.47. The maximum Gasteiger partial charge on any atom is 0.233 e. The zero-order valence-electron chi connectivity index (χ0n) is 13.6. The van der Waals surface area contributed by atoms with Crippen LogP contribution < -0.4 is 5.32 Å². The van der Waals surface area contributed by atoms with Gasteiger partial charge in [0.2, 0.25) is 5.91 Å². The van der Waals surface area contributed by atoms with Gasteiger partial charge in [0.1, 0.15) is 5.76 Å². The number of nitrogens with zero attached hydrogens (tertiary/aromatic N) is 2. The van der Waals surface area contributed by atoms with E-state index in [1.807, 2.05) is 51.1 Å². The fourth-order valence-corrected chi connectivity index (χ4v) is 3.00. The number of anilines is 1. The van der Waals surface area contributed by atoms with Gasteiger partial charge in [0.25, 0.3) is 0 Å². The molecular weight excluding hydrogens is 419 g/mol. The average Bonchev–Trinajstić information content (AvgIpc) is 3.14. The van der Waals surface area contributed by atoms with Crippen molar-refractivity contribution in [1.82, 2.24) is 15.4 Å². The number of H-pyrrole nitrogens is 1. The minimum atomic E-state index is -0.366. The van der Waals surface area contributed by atoms with Crippen LogP contribution in [0, 0.1) is 17.4 Å². The van der Waals surface area contributed by atoms with Gasteiger partial charge < -0.3 is 9.84 Å². The molecule has 1 unspecified atom stereocenters.